The third-order valence-corrected chi connectivity index (χ3v) is 5.74. The van der Waals surface area contributed by atoms with Gasteiger partial charge in [0.15, 0.2) is 0 Å². The van der Waals surface area contributed by atoms with Crippen molar-refractivity contribution in [1.29, 1.82) is 0 Å². The fourth-order valence-electron chi connectivity index (χ4n) is 4.23. The maximum atomic E-state index is 12.6. The average molecular weight is 348 g/mol. The molecular weight excluding hydrogens is 329 g/mol. The van der Waals surface area contributed by atoms with Gasteiger partial charge in [-0.05, 0) is 19.3 Å². The highest BCUT2D eigenvalue weighted by Gasteiger charge is 2.60. The van der Waals surface area contributed by atoms with E-state index in [0.717, 1.165) is 18.5 Å². The lowest BCUT2D eigenvalue weighted by Gasteiger charge is -2.34. The fourth-order valence-corrected chi connectivity index (χ4v) is 4.79. The molecule has 2 aliphatic rings. The first-order chi connectivity index (χ1) is 10.9. The number of esters is 1. The monoisotopic (exact) mass is 348 g/mol. The Labute approximate surface area is 136 Å². The number of methoxy groups -OCH3 is 1. The predicted octanol–water partition coefficient (Wildman–Crippen LogP) is 3.03. The highest BCUT2D eigenvalue weighted by Crippen LogP contribution is 2.52. The van der Waals surface area contributed by atoms with Crippen molar-refractivity contribution in [3.05, 3.63) is 16.6 Å². The van der Waals surface area contributed by atoms with Crippen LogP contribution in [0, 0.1) is 5.41 Å². The van der Waals surface area contributed by atoms with Gasteiger partial charge in [0, 0.05) is 30.4 Å². The van der Waals surface area contributed by atoms with Crippen molar-refractivity contribution in [2.75, 3.05) is 13.7 Å². The molecule has 4 nitrogen and oxygen atoms in total. The largest absolute Gasteiger partial charge is 0.469 e. The Morgan fingerprint density at radius 3 is 2.91 bits per heavy atom. The van der Waals surface area contributed by atoms with Gasteiger partial charge in [0.25, 0.3) is 0 Å². The predicted molar refractivity (Wildman–Crippen MR) is 79.1 cm³/mol. The Morgan fingerprint density at radius 1 is 1.52 bits per heavy atom. The van der Waals surface area contributed by atoms with Crippen LogP contribution in [0.25, 0.3) is 0 Å². The molecule has 0 spiro atoms. The van der Waals surface area contributed by atoms with Crippen LogP contribution in [0.1, 0.15) is 31.4 Å². The van der Waals surface area contributed by atoms with Gasteiger partial charge in [-0.25, -0.2) is 4.98 Å². The molecular formula is C15H19F3N2O2S. The van der Waals surface area contributed by atoms with Gasteiger partial charge in [-0.1, -0.05) is 0 Å². The van der Waals surface area contributed by atoms with E-state index in [1.807, 2.05) is 10.3 Å². The summed E-state index contributed by atoms with van der Waals surface area (Å²) in [5.74, 6) is -0.324. The molecule has 0 unspecified atom stereocenters. The Bertz CT molecular complexity index is 564. The minimum Gasteiger partial charge on any atom is -0.469 e. The lowest BCUT2D eigenvalue weighted by Crippen LogP contribution is -2.46. The van der Waals surface area contributed by atoms with Crippen LogP contribution in [0.5, 0.6) is 0 Å². The molecule has 23 heavy (non-hydrogen) atoms. The molecule has 1 aromatic heterocycles. The van der Waals surface area contributed by atoms with E-state index in [1.54, 1.807) is 5.51 Å². The first-order valence-electron chi connectivity index (χ1n) is 7.64. The van der Waals surface area contributed by atoms with Crippen molar-refractivity contribution in [3.8, 4) is 0 Å². The second-order valence-corrected chi connectivity index (χ2v) is 7.08. The summed E-state index contributed by atoms with van der Waals surface area (Å²) in [6, 6.07) is -0.163. The first-order valence-corrected chi connectivity index (χ1v) is 8.58. The second-order valence-electron chi connectivity index (χ2n) is 6.36. The van der Waals surface area contributed by atoms with Crippen molar-refractivity contribution < 1.29 is 22.7 Å². The third-order valence-electron chi connectivity index (χ3n) is 5.11. The van der Waals surface area contributed by atoms with E-state index >= 15 is 0 Å². The molecule has 1 aromatic rings. The van der Waals surface area contributed by atoms with Crippen molar-refractivity contribution in [2.24, 2.45) is 5.41 Å². The standard InChI is InChI=1S/C15H19F3N2O2S/c1-22-13(21)14(6-10-8-23-9-19-10)7-11-2-3-12(14)20(11)5-4-15(16,17)18/h8-9,11-12H,2-7H2,1H3/t11-,12+,14+/m1/s1. The number of carbonyl (C=O) groups excluding carboxylic acids is 1. The minimum atomic E-state index is -4.18. The summed E-state index contributed by atoms with van der Waals surface area (Å²) in [5.41, 5.74) is 1.75. The summed E-state index contributed by atoms with van der Waals surface area (Å²) in [4.78, 5) is 18.6. The van der Waals surface area contributed by atoms with Gasteiger partial charge in [0.05, 0.1) is 30.2 Å². The molecule has 3 rings (SSSR count). The van der Waals surface area contributed by atoms with Crippen LogP contribution >= 0.6 is 11.3 Å². The lowest BCUT2D eigenvalue weighted by molar-refractivity contribution is -0.155. The second kappa shape index (κ2) is 6.05. The third kappa shape index (κ3) is 3.10. The minimum absolute atomic E-state index is 0.0279. The van der Waals surface area contributed by atoms with Gasteiger partial charge < -0.3 is 4.74 Å². The van der Waals surface area contributed by atoms with Gasteiger partial charge in [-0.15, -0.1) is 11.3 Å². The molecule has 0 N–H and O–H groups in total. The topological polar surface area (TPSA) is 42.4 Å². The van der Waals surface area contributed by atoms with E-state index in [9.17, 15) is 18.0 Å². The number of hydrogen-bond donors (Lipinski definition) is 0. The van der Waals surface area contributed by atoms with Crippen molar-refractivity contribution in [1.82, 2.24) is 9.88 Å². The number of fused-ring (bicyclic) bond motifs is 2. The van der Waals surface area contributed by atoms with Gasteiger partial charge in [-0.2, -0.15) is 13.2 Å². The van der Waals surface area contributed by atoms with Crippen LogP contribution in [0.3, 0.4) is 0 Å². The highest BCUT2D eigenvalue weighted by atomic mass is 32.1. The zero-order chi connectivity index (χ0) is 16.7. The van der Waals surface area contributed by atoms with Crippen LogP contribution in [-0.4, -0.2) is 47.8 Å². The van der Waals surface area contributed by atoms with Gasteiger partial charge >= 0.3 is 12.1 Å². The molecule has 2 saturated heterocycles. The highest BCUT2D eigenvalue weighted by molar-refractivity contribution is 7.07. The van der Waals surface area contributed by atoms with E-state index in [-0.39, 0.29) is 24.6 Å². The summed E-state index contributed by atoms with van der Waals surface area (Å²) in [6.45, 7) is -0.0470. The SMILES string of the molecule is COC(=O)[C@@]1(Cc2cscn2)C[C@H]2CC[C@@H]1N2CCC(F)(F)F. The van der Waals surface area contributed by atoms with Crippen LogP contribution < -0.4 is 0 Å². The zero-order valence-corrected chi connectivity index (χ0v) is 13.6. The number of halogens is 3. The van der Waals surface area contributed by atoms with E-state index in [2.05, 4.69) is 4.98 Å². The fraction of sp³-hybridized carbons (Fsp3) is 0.733. The van der Waals surface area contributed by atoms with Crippen LogP contribution in [0.15, 0.2) is 10.9 Å². The Morgan fingerprint density at radius 2 is 2.30 bits per heavy atom. The number of thiazole rings is 1. The number of hydrogen-bond acceptors (Lipinski definition) is 5. The van der Waals surface area contributed by atoms with Crippen LogP contribution in [0.4, 0.5) is 13.2 Å². The molecule has 3 atom stereocenters. The van der Waals surface area contributed by atoms with Gasteiger partial charge in [0.1, 0.15) is 0 Å². The van der Waals surface area contributed by atoms with Crippen molar-refractivity contribution >= 4 is 17.3 Å². The van der Waals surface area contributed by atoms with Gasteiger partial charge in [0.2, 0.25) is 0 Å². The number of alkyl halides is 3. The number of nitrogens with zero attached hydrogens (tertiary/aromatic N) is 2. The summed E-state index contributed by atoms with van der Waals surface area (Å²) in [7, 11) is 1.34. The molecule has 0 saturated carbocycles. The molecule has 3 heterocycles. The number of rotatable bonds is 5. The average Bonchev–Trinajstić information content (AvgIpc) is 3.19. The molecule has 0 amide bonds. The number of aromatic nitrogens is 1. The zero-order valence-electron chi connectivity index (χ0n) is 12.8. The van der Waals surface area contributed by atoms with Crippen LogP contribution in [-0.2, 0) is 16.0 Å². The summed E-state index contributed by atoms with van der Waals surface area (Å²) in [6.07, 6.45) is -2.44. The molecule has 2 fully saturated rings. The van der Waals surface area contributed by atoms with E-state index in [4.69, 9.17) is 4.74 Å². The molecule has 0 radical (unpaired) electrons. The van der Waals surface area contributed by atoms with Crippen molar-refractivity contribution in [2.45, 2.75) is 50.4 Å². The van der Waals surface area contributed by atoms with E-state index < -0.39 is 18.0 Å². The first kappa shape index (κ1) is 16.7. The quantitative estimate of drug-likeness (QED) is 0.767. The Kier molecular flexibility index (Phi) is 4.39. The smallest absolute Gasteiger partial charge is 0.390 e. The number of carbonyl (C=O) groups is 1. The van der Waals surface area contributed by atoms with E-state index in [1.165, 1.54) is 18.4 Å². The van der Waals surface area contributed by atoms with Crippen molar-refractivity contribution in [3.63, 3.8) is 0 Å². The summed E-state index contributed by atoms with van der Waals surface area (Å²) >= 11 is 1.45. The Balaban J connectivity index is 1.82. The maximum absolute atomic E-state index is 12.6. The lowest BCUT2D eigenvalue weighted by atomic mass is 9.71. The molecule has 2 bridgehead atoms. The van der Waals surface area contributed by atoms with Crippen LogP contribution in [0.2, 0.25) is 0 Å². The summed E-state index contributed by atoms with van der Waals surface area (Å²) in [5, 5.41) is 1.89. The molecule has 128 valence electrons. The molecule has 0 aromatic carbocycles. The number of ether oxygens (including phenoxy) is 1. The molecule has 8 heteroatoms. The normalized spacial score (nSPS) is 30.8. The molecule has 0 aliphatic carbocycles. The molecule has 2 aliphatic heterocycles. The van der Waals surface area contributed by atoms with Gasteiger partial charge in [-0.3, -0.25) is 9.69 Å². The summed E-state index contributed by atoms with van der Waals surface area (Å²) < 4.78 is 42.8. The van der Waals surface area contributed by atoms with E-state index in [0.29, 0.717) is 12.8 Å². The maximum Gasteiger partial charge on any atom is 0.390 e. The Hall–Kier alpha value is -1.15.